The lowest BCUT2D eigenvalue weighted by Crippen LogP contribution is -2.35. The molecule has 2 atom stereocenters. The summed E-state index contributed by atoms with van der Waals surface area (Å²) >= 11 is 23.7. The number of carbonyl (C=O) groups excluding carboxylic acids is 1. The number of rotatable bonds is 3. The Morgan fingerprint density at radius 1 is 1.00 bits per heavy atom. The molecule has 1 amide bonds. The molecule has 0 saturated heterocycles. The summed E-state index contributed by atoms with van der Waals surface area (Å²) in [7, 11) is 0. The summed E-state index contributed by atoms with van der Waals surface area (Å²) in [5.41, 5.74) is 0.662. The quantitative estimate of drug-likeness (QED) is 0.375. The molecular weight excluding hydrogens is 511 g/mol. The Balaban J connectivity index is 1.64. The molecule has 2 aromatic carbocycles. The largest absolute Gasteiger partial charge is 0.410 e. The van der Waals surface area contributed by atoms with E-state index in [4.69, 9.17) is 46.4 Å². The van der Waals surface area contributed by atoms with Crippen molar-refractivity contribution in [1.82, 2.24) is 9.78 Å². The van der Waals surface area contributed by atoms with Gasteiger partial charge in [0.2, 0.25) is 0 Å². The van der Waals surface area contributed by atoms with Crippen molar-refractivity contribution in [1.29, 1.82) is 0 Å². The van der Waals surface area contributed by atoms with Gasteiger partial charge in [-0.05, 0) is 35.9 Å². The van der Waals surface area contributed by atoms with Crippen LogP contribution in [-0.2, 0) is 0 Å². The Morgan fingerprint density at radius 3 is 2.28 bits per heavy atom. The van der Waals surface area contributed by atoms with Crippen LogP contribution >= 0.6 is 46.4 Å². The minimum atomic E-state index is -4.59. The van der Waals surface area contributed by atoms with Gasteiger partial charge in [-0.1, -0.05) is 52.5 Å². The number of fused-ring (bicyclic) bond motifs is 1. The summed E-state index contributed by atoms with van der Waals surface area (Å²) in [5, 5.41) is 10.5. The minimum absolute atomic E-state index is 0.0499. The first-order valence-corrected chi connectivity index (χ1v) is 10.7. The van der Waals surface area contributed by atoms with Gasteiger partial charge in [-0.3, -0.25) is 4.79 Å². The highest BCUT2D eigenvalue weighted by atomic mass is 35.5. The Labute approximate surface area is 200 Å². The number of amides is 1. The molecule has 2 N–H and O–H groups in total. The second-order valence-corrected chi connectivity index (χ2v) is 8.73. The van der Waals surface area contributed by atoms with Crippen LogP contribution in [-0.4, -0.2) is 21.9 Å². The second-order valence-electron chi connectivity index (χ2n) is 7.11. The van der Waals surface area contributed by atoms with Crippen molar-refractivity contribution in [3.8, 4) is 0 Å². The van der Waals surface area contributed by atoms with Gasteiger partial charge in [0, 0.05) is 18.2 Å². The predicted octanol–water partition coefficient (Wildman–Crippen LogP) is 7.41. The van der Waals surface area contributed by atoms with Crippen molar-refractivity contribution in [2.24, 2.45) is 0 Å². The standard InChI is InChI=1S/C20H13Cl4F3N4O/c21-11-3-1-9(5-13(11)23)15-7-17(20(25,26)27)31-18(29-15)8-16(30-31)19(32)28-10-2-4-12(22)14(24)6-10/h1-6,8,15,17,29H,7H2,(H,28,32). The molecule has 0 saturated carbocycles. The lowest BCUT2D eigenvalue weighted by atomic mass is 9.97. The number of carbonyl (C=O) groups is 1. The molecule has 32 heavy (non-hydrogen) atoms. The maximum atomic E-state index is 13.8. The number of benzene rings is 2. The Bertz CT molecular complexity index is 1200. The van der Waals surface area contributed by atoms with Crippen molar-refractivity contribution >= 4 is 63.8 Å². The third-order valence-corrected chi connectivity index (χ3v) is 6.42. The fraction of sp³-hybridized carbons (Fsp3) is 0.200. The average molecular weight is 524 g/mol. The average Bonchev–Trinajstić information content (AvgIpc) is 3.15. The minimum Gasteiger partial charge on any atom is -0.363 e. The van der Waals surface area contributed by atoms with Crippen molar-refractivity contribution in [2.75, 3.05) is 10.6 Å². The number of aromatic nitrogens is 2. The van der Waals surface area contributed by atoms with Gasteiger partial charge in [-0.25, -0.2) is 4.68 Å². The second kappa shape index (κ2) is 8.67. The summed E-state index contributed by atoms with van der Waals surface area (Å²) in [5.74, 6) is -0.645. The Kier molecular flexibility index (Phi) is 6.24. The maximum absolute atomic E-state index is 13.8. The van der Waals surface area contributed by atoms with Crippen molar-refractivity contribution in [3.63, 3.8) is 0 Å². The summed E-state index contributed by atoms with van der Waals surface area (Å²) in [6.07, 6.45) is -4.93. The molecule has 1 aliphatic heterocycles. The van der Waals surface area contributed by atoms with E-state index in [0.29, 0.717) is 21.3 Å². The monoisotopic (exact) mass is 522 g/mol. The molecular formula is C20H13Cl4F3N4O. The number of hydrogen-bond acceptors (Lipinski definition) is 3. The number of nitrogens with one attached hydrogen (secondary N) is 2. The van der Waals surface area contributed by atoms with Crippen molar-refractivity contribution in [2.45, 2.75) is 24.7 Å². The van der Waals surface area contributed by atoms with Gasteiger partial charge in [0.05, 0.1) is 26.1 Å². The summed E-state index contributed by atoms with van der Waals surface area (Å²) < 4.78 is 42.3. The third kappa shape index (κ3) is 4.64. The molecule has 0 fully saturated rings. The Morgan fingerprint density at radius 2 is 1.66 bits per heavy atom. The normalized spacial score (nSPS) is 18.1. The van der Waals surface area contributed by atoms with E-state index < -0.39 is 24.2 Å². The molecule has 2 heterocycles. The number of anilines is 2. The molecule has 3 aromatic rings. The molecule has 2 unspecified atom stereocenters. The van der Waals surface area contributed by atoms with Crippen LogP contribution in [0.4, 0.5) is 24.7 Å². The van der Waals surface area contributed by atoms with Crippen LogP contribution in [0.3, 0.4) is 0 Å². The van der Waals surface area contributed by atoms with E-state index in [1.807, 2.05) is 0 Å². The van der Waals surface area contributed by atoms with E-state index >= 15 is 0 Å². The Hall–Kier alpha value is -2.13. The van der Waals surface area contributed by atoms with E-state index in [1.54, 1.807) is 6.07 Å². The number of halogens is 7. The van der Waals surface area contributed by atoms with Gasteiger partial charge in [-0.15, -0.1) is 0 Å². The highest BCUT2D eigenvalue weighted by Gasteiger charge is 2.46. The molecule has 168 valence electrons. The summed E-state index contributed by atoms with van der Waals surface area (Å²) in [6, 6.07) is 7.66. The first kappa shape index (κ1) is 23.0. The van der Waals surface area contributed by atoms with Crippen LogP contribution in [0.2, 0.25) is 20.1 Å². The lowest BCUT2D eigenvalue weighted by molar-refractivity contribution is -0.173. The molecule has 0 bridgehead atoms. The number of alkyl halides is 3. The number of nitrogens with zero attached hydrogens (tertiary/aromatic N) is 2. The molecule has 0 spiro atoms. The van der Waals surface area contributed by atoms with Crippen molar-refractivity contribution in [3.05, 3.63) is 73.8 Å². The summed E-state index contributed by atoms with van der Waals surface area (Å²) in [6.45, 7) is 0. The fourth-order valence-electron chi connectivity index (χ4n) is 3.40. The van der Waals surface area contributed by atoms with Gasteiger partial charge in [0.15, 0.2) is 11.7 Å². The van der Waals surface area contributed by atoms with E-state index in [2.05, 4.69) is 15.7 Å². The van der Waals surface area contributed by atoms with Gasteiger partial charge >= 0.3 is 6.18 Å². The predicted molar refractivity (Wildman–Crippen MR) is 119 cm³/mol. The van der Waals surface area contributed by atoms with Crippen LogP contribution < -0.4 is 10.6 Å². The van der Waals surface area contributed by atoms with Gasteiger partial charge in [0.1, 0.15) is 5.82 Å². The van der Waals surface area contributed by atoms with Gasteiger partial charge in [0.25, 0.3) is 5.91 Å². The van der Waals surface area contributed by atoms with E-state index in [9.17, 15) is 18.0 Å². The van der Waals surface area contributed by atoms with E-state index in [0.717, 1.165) is 4.68 Å². The van der Waals surface area contributed by atoms with E-state index in [1.165, 1.54) is 36.4 Å². The fourth-order valence-corrected chi connectivity index (χ4v) is 4.01. The van der Waals surface area contributed by atoms with Crippen LogP contribution in [0.15, 0.2) is 42.5 Å². The van der Waals surface area contributed by atoms with Gasteiger partial charge < -0.3 is 10.6 Å². The molecule has 12 heteroatoms. The van der Waals surface area contributed by atoms with Crippen LogP contribution in [0, 0.1) is 0 Å². The molecule has 4 rings (SSSR count). The highest BCUT2D eigenvalue weighted by Crippen LogP contribution is 2.44. The first-order chi connectivity index (χ1) is 15.0. The maximum Gasteiger partial charge on any atom is 0.410 e. The highest BCUT2D eigenvalue weighted by molar-refractivity contribution is 6.42. The van der Waals surface area contributed by atoms with Gasteiger partial charge in [-0.2, -0.15) is 18.3 Å². The zero-order chi connectivity index (χ0) is 23.2. The first-order valence-electron chi connectivity index (χ1n) is 9.17. The van der Waals surface area contributed by atoms with Crippen LogP contribution in [0.5, 0.6) is 0 Å². The summed E-state index contributed by atoms with van der Waals surface area (Å²) in [4.78, 5) is 12.6. The SMILES string of the molecule is O=C(Nc1ccc(Cl)c(Cl)c1)c1cc2n(n1)C(C(F)(F)F)CC(c1ccc(Cl)c(Cl)c1)N2. The molecule has 5 nitrogen and oxygen atoms in total. The molecule has 0 radical (unpaired) electrons. The zero-order valence-corrected chi connectivity index (χ0v) is 18.9. The lowest BCUT2D eigenvalue weighted by Gasteiger charge is -2.33. The van der Waals surface area contributed by atoms with Crippen LogP contribution in [0.25, 0.3) is 0 Å². The third-order valence-electron chi connectivity index (χ3n) is 4.95. The molecule has 1 aromatic heterocycles. The smallest absolute Gasteiger partial charge is 0.363 e. The molecule has 0 aliphatic carbocycles. The molecule has 1 aliphatic rings. The van der Waals surface area contributed by atoms with Crippen LogP contribution in [0.1, 0.15) is 34.6 Å². The zero-order valence-electron chi connectivity index (χ0n) is 15.9. The topological polar surface area (TPSA) is 59.0 Å². The number of hydrogen-bond donors (Lipinski definition) is 2. The van der Waals surface area contributed by atoms with Crippen molar-refractivity contribution < 1.29 is 18.0 Å². The van der Waals surface area contributed by atoms with E-state index in [-0.39, 0.29) is 28.0 Å².